The van der Waals surface area contributed by atoms with Crippen molar-refractivity contribution in [2.24, 2.45) is 0 Å². The first kappa shape index (κ1) is 12.3. The van der Waals surface area contributed by atoms with Crippen LogP contribution in [0, 0.1) is 0 Å². The maximum Gasteiger partial charge on any atom is 0.274 e. The van der Waals surface area contributed by atoms with E-state index in [1.165, 1.54) is 16.6 Å². The van der Waals surface area contributed by atoms with Crippen LogP contribution in [0.5, 0.6) is 0 Å². The van der Waals surface area contributed by atoms with Crippen molar-refractivity contribution in [1.29, 1.82) is 0 Å². The molecule has 1 aliphatic rings. The molecular formula is C14H15N3OS. The Morgan fingerprint density at radius 1 is 1.53 bits per heavy atom. The molecule has 0 spiro atoms. The van der Waals surface area contributed by atoms with E-state index in [9.17, 15) is 4.79 Å². The minimum atomic E-state index is -0.0169. The number of carbonyl (C=O) groups is 1. The van der Waals surface area contributed by atoms with Crippen molar-refractivity contribution >= 4 is 17.2 Å². The Hall–Kier alpha value is -1.75. The van der Waals surface area contributed by atoms with Gasteiger partial charge in [-0.05, 0) is 29.9 Å². The number of hydrogen-bond donors (Lipinski definition) is 0. The maximum atomic E-state index is 12.5. The number of fused-ring (bicyclic) bond motifs is 1. The van der Waals surface area contributed by atoms with Crippen molar-refractivity contribution < 1.29 is 4.79 Å². The van der Waals surface area contributed by atoms with Gasteiger partial charge in [0.2, 0.25) is 0 Å². The summed E-state index contributed by atoms with van der Waals surface area (Å²) < 4.78 is 0. The van der Waals surface area contributed by atoms with E-state index in [2.05, 4.69) is 28.3 Å². The van der Waals surface area contributed by atoms with E-state index in [1.54, 1.807) is 23.7 Å². The van der Waals surface area contributed by atoms with Gasteiger partial charge >= 0.3 is 0 Å². The summed E-state index contributed by atoms with van der Waals surface area (Å²) in [5.41, 5.74) is 1.73. The molecule has 1 atom stereocenters. The van der Waals surface area contributed by atoms with Gasteiger partial charge in [0.1, 0.15) is 5.69 Å². The number of aromatic nitrogens is 2. The fraction of sp³-hybridized carbons (Fsp3) is 0.357. The Morgan fingerprint density at radius 2 is 2.42 bits per heavy atom. The second-order valence-electron chi connectivity index (χ2n) is 4.56. The highest BCUT2D eigenvalue weighted by atomic mass is 32.1. The van der Waals surface area contributed by atoms with Crippen LogP contribution in [-0.2, 0) is 6.42 Å². The van der Waals surface area contributed by atoms with E-state index in [0.717, 1.165) is 19.4 Å². The molecule has 0 unspecified atom stereocenters. The van der Waals surface area contributed by atoms with Crippen LogP contribution in [-0.4, -0.2) is 27.3 Å². The van der Waals surface area contributed by atoms with Gasteiger partial charge < -0.3 is 4.90 Å². The highest BCUT2D eigenvalue weighted by Gasteiger charge is 2.31. The van der Waals surface area contributed by atoms with Gasteiger partial charge in [0.15, 0.2) is 0 Å². The molecule has 2 aromatic rings. The number of nitrogens with zero attached hydrogens (tertiary/aromatic N) is 3. The van der Waals surface area contributed by atoms with Crippen molar-refractivity contribution in [2.75, 3.05) is 6.54 Å². The van der Waals surface area contributed by atoms with Crippen molar-refractivity contribution in [3.8, 4) is 0 Å². The molecule has 0 fully saturated rings. The van der Waals surface area contributed by atoms with Crippen LogP contribution in [0.15, 0.2) is 30.0 Å². The molecule has 19 heavy (non-hydrogen) atoms. The second-order valence-corrected chi connectivity index (χ2v) is 5.56. The van der Waals surface area contributed by atoms with E-state index in [1.807, 2.05) is 4.90 Å². The van der Waals surface area contributed by atoms with Crippen LogP contribution >= 0.6 is 11.3 Å². The van der Waals surface area contributed by atoms with E-state index in [0.29, 0.717) is 5.69 Å². The molecule has 0 aromatic carbocycles. The molecule has 3 rings (SSSR count). The Bertz CT molecular complexity index is 581. The molecule has 0 saturated heterocycles. The third-order valence-corrected chi connectivity index (χ3v) is 4.52. The first-order valence-corrected chi connectivity index (χ1v) is 7.32. The molecule has 1 aliphatic heterocycles. The monoisotopic (exact) mass is 273 g/mol. The molecule has 4 nitrogen and oxygen atoms in total. The SMILES string of the molecule is CC[C@@H]1c2ccsc2CCN1C(=O)c1cnccn1. The third-order valence-electron chi connectivity index (χ3n) is 3.52. The average molecular weight is 273 g/mol. The zero-order chi connectivity index (χ0) is 13.2. The number of hydrogen-bond acceptors (Lipinski definition) is 4. The quantitative estimate of drug-likeness (QED) is 0.845. The Kier molecular flexibility index (Phi) is 3.29. The Balaban J connectivity index is 1.92. The zero-order valence-electron chi connectivity index (χ0n) is 10.7. The summed E-state index contributed by atoms with van der Waals surface area (Å²) in [6.45, 7) is 2.88. The third kappa shape index (κ3) is 2.14. The maximum absolute atomic E-state index is 12.5. The minimum Gasteiger partial charge on any atom is -0.330 e. The molecule has 0 bridgehead atoms. The van der Waals surface area contributed by atoms with Gasteiger partial charge in [0, 0.05) is 23.8 Å². The number of carbonyl (C=O) groups excluding carboxylic acids is 1. The van der Waals surface area contributed by atoms with Crippen LogP contribution in [0.1, 0.15) is 40.3 Å². The highest BCUT2D eigenvalue weighted by Crippen LogP contribution is 2.35. The molecule has 0 N–H and O–H groups in total. The van der Waals surface area contributed by atoms with E-state index < -0.39 is 0 Å². The summed E-state index contributed by atoms with van der Waals surface area (Å²) in [5.74, 6) is -0.0169. The van der Waals surface area contributed by atoms with Gasteiger partial charge in [-0.25, -0.2) is 4.98 Å². The van der Waals surface area contributed by atoms with Crippen LogP contribution in [0.25, 0.3) is 0 Å². The van der Waals surface area contributed by atoms with E-state index >= 15 is 0 Å². The van der Waals surface area contributed by atoms with Gasteiger partial charge in [0.25, 0.3) is 5.91 Å². The summed E-state index contributed by atoms with van der Waals surface area (Å²) in [5, 5.41) is 2.11. The summed E-state index contributed by atoms with van der Waals surface area (Å²) in [6, 6.07) is 2.31. The van der Waals surface area contributed by atoms with Crippen LogP contribution < -0.4 is 0 Å². The zero-order valence-corrected chi connectivity index (χ0v) is 11.6. The summed E-state index contributed by atoms with van der Waals surface area (Å²) in [6.07, 6.45) is 6.55. The molecule has 5 heteroatoms. The summed E-state index contributed by atoms with van der Waals surface area (Å²) in [7, 11) is 0. The predicted molar refractivity (Wildman–Crippen MR) is 74.1 cm³/mol. The largest absolute Gasteiger partial charge is 0.330 e. The van der Waals surface area contributed by atoms with Crippen LogP contribution in [0.2, 0.25) is 0 Å². The molecule has 0 aliphatic carbocycles. The van der Waals surface area contributed by atoms with Crippen LogP contribution in [0.3, 0.4) is 0 Å². The molecule has 98 valence electrons. The fourth-order valence-corrected chi connectivity index (χ4v) is 3.56. The predicted octanol–water partition coefficient (Wildman–Crippen LogP) is 2.69. The Labute approximate surface area is 116 Å². The normalized spacial score (nSPS) is 18.2. The van der Waals surface area contributed by atoms with Crippen molar-refractivity contribution in [2.45, 2.75) is 25.8 Å². The van der Waals surface area contributed by atoms with Gasteiger partial charge in [-0.15, -0.1) is 11.3 Å². The lowest BCUT2D eigenvalue weighted by atomic mass is 9.97. The standard InChI is InChI=1S/C14H15N3OS/c1-2-12-10-4-8-19-13(10)3-7-17(12)14(18)11-9-15-5-6-16-11/h4-6,8-9,12H,2-3,7H2,1H3/t12-/m1/s1. The van der Waals surface area contributed by atoms with Gasteiger partial charge in [-0.2, -0.15) is 0 Å². The van der Waals surface area contributed by atoms with E-state index in [-0.39, 0.29) is 11.9 Å². The number of thiophene rings is 1. The first-order chi connectivity index (χ1) is 9.31. The van der Waals surface area contributed by atoms with Crippen molar-refractivity contribution in [1.82, 2.24) is 14.9 Å². The first-order valence-electron chi connectivity index (χ1n) is 6.44. The Morgan fingerprint density at radius 3 is 3.16 bits per heavy atom. The lowest BCUT2D eigenvalue weighted by Gasteiger charge is -2.35. The van der Waals surface area contributed by atoms with Gasteiger partial charge in [-0.3, -0.25) is 9.78 Å². The molecular weight excluding hydrogens is 258 g/mol. The lowest BCUT2D eigenvalue weighted by molar-refractivity contribution is 0.0651. The summed E-state index contributed by atoms with van der Waals surface area (Å²) in [4.78, 5) is 24.0. The van der Waals surface area contributed by atoms with Crippen molar-refractivity contribution in [3.05, 3.63) is 46.2 Å². The molecule has 0 saturated carbocycles. The molecule has 0 radical (unpaired) electrons. The molecule has 1 amide bonds. The van der Waals surface area contributed by atoms with E-state index in [4.69, 9.17) is 0 Å². The van der Waals surface area contributed by atoms with Gasteiger partial charge in [-0.1, -0.05) is 6.92 Å². The number of rotatable bonds is 2. The minimum absolute atomic E-state index is 0.0169. The lowest BCUT2D eigenvalue weighted by Crippen LogP contribution is -2.39. The highest BCUT2D eigenvalue weighted by molar-refractivity contribution is 7.10. The summed E-state index contributed by atoms with van der Waals surface area (Å²) >= 11 is 1.79. The molecule has 3 heterocycles. The molecule has 2 aromatic heterocycles. The second kappa shape index (κ2) is 5.09. The average Bonchev–Trinajstić information content (AvgIpc) is 2.94. The van der Waals surface area contributed by atoms with Crippen LogP contribution in [0.4, 0.5) is 0 Å². The number of amides is 1. The smallest absolute Gasteiger partial charge is 0.274 e. The topological polar surface area (TPSA) is 46.1 Å². The fourth-order valence-electron chi connectivity index (χ4n) is 2.64. The van der Waals surface area contributed by atoms with Crippen molar-refractivity contribution in [3.63, 3.8) is 0 Å². The van der Waals surface area contributed by atoms with Gasteiger partial charge in [0.05, 0.1) is 12.2 Å².